The Hall–Kier alpha value is -4.06. The summed E-state index contributed by atoms with van der Waals surface area (Å²) in [5.41, 5.74) is 11.6. The SMILES string of the molecule is COC(=O)C(C)Cn1cc(-c2cc(-c3cc4ccccc4s3)c3c(cnn3COCC[Si](C)(C)C)c2)c2nc(N)ncc21. The van der Waals surface area contributed by atoms with Gasteiger partial charge in [-0.2, -0.15) is 5.10 Å². The first kappa shape index (κ1) is 29.0. The molecule has 0 radical (unpaired) electrons. The predicted octanol–water partition coefficient (Wildman–Crippen LogP) is 7.03. The zero-order valence-corrected chi connectivity index (χ0v) is 26.9. The van der Waals surface area contributed by atoms with Crippen LogP contribution >= 0.6 is 11.3 Å². The minimum Gasteiger partial charge on any atom is -0.469 e. The van der Waals surface area contributed by atoms with Crippen LogP contribution in [0.2, 0.25) is 25.7 Å². The molecule has 6 aromatic rings. The number of ether oxygens (including phenoxy) is 2. The molecular formula is C32H36N6O3SSi. The highest BCUT2D eigenvalue weighted by molar-refractivity contribution is 7.22. The van der Waals surface area contributed by atoms with Crippen LogP contribution in [0.25, 0.3) is 53.6 Å². The number of carbonyl (C=O) groups excluding carboxylic acids is 1. The molecule has 0 fully saturated rings. The summed E-state index contributed by atoms with van der Waals surface area (Å²) in [4.78, 5) is 22.3. The summed E-state index contributed by atoms with van der Waals surface area (Å²) < 4.78 is 16.3. The number of fused-ring (bicyclic) bond motifs is 3. The number of nitrogens with zero attached hydrogens (tertiary/aromatic N) is 5. The first-order valence-electron chi connectivity index (χ1n) is 14.4. The zero-order valence-electron chi connectivity index (χ0n) is 25.1. The summed E-state index contributed by atoms with van der Waals surface area (Å²) in [6, 6.07) is 16.1. The molecule has 43 heavy (non-hydrogen) atoms. The fourth-order valence-corrected chi connectivity index (χ4v) is 7.17. The lowest BCUT2D eigenvalue weighted by Crippen LogP contribution is -2.22. The number of thiophene rings is 1. The van der Waals surface area contributed by atoms with Gasteiger partial charge in [0, 0.05) is 53.5 Å². The highest BCUT2D eigenvalue weighted by Crippen LogP contribution is 2.41. The predicted molar refractivity (Wildman–Crippen MR) is 177 cm³/mol. The van der Waals surface area contributed by atoms with Crippen molar-refractivity contribution in [1.82, 2.24) is 24.3 Å². The quantitative estimate of drug-likeness (QED) is 0.100. The molecule has 4 heterocycles. The second-order valence-corrected chi connectivity index (χ2v) is 18.9. The Balaban J connectivity index is 1.49. The molecule has 0 aliphatic rings. The van der Waals surface area contributed by atoms with Crippen molar-refractivity contribution >= 4 is 63.4 Å². The van der Waals surface area contributed by atoms with Crippen LogP contribution < -0.4 is 5.73 Å². The summed E-state index contributed by atoms with van der Waals surface area (Å²) in [6.45, 7) is 10.4. The number of benzene rings is 2. The summed E-state index contributed by atoms with van der Waals surface area (Å²) in [6.07, 6.45) is 5.64. The maximum atomic E-state index is 12.2. The average molecular weight is 613 g/mol. The van der Waals surface area contributed by atoms with Gasteiger partial charge in [-0.1, -0.05) is 44.8 Å². The molecule has 6 rings (SSSR count). The number of rotatable bonds is 10. The van der Waals surface area contributed by atoms with Crippen molar-refractivity contribution in [3.63, 3.8) is 0 Å². The molecule has 0 aliphatic heterocycles. The lowest BCUT2D eigenvalue weighted by Gasteiger charge is -2.16. The van der Waals surface area contributed by atoms with Crippen LogP contribution in [0.15, 0.2) is 61.1 Å². The highest BCUT2D eigenvalue weighted by atomic mass is 32.1. The second kappa shape index (κ2) is 11.6. The number of hydrogen-bond donors (Lipinski definition) is 1. The van der Waals surface area contributed by atoms with E-state index in [1.165, 1.54) is 17.2 Å². The molecule has 1 unspecified atom stereocenters. The Bertz CT molecular complexity index is 1920. The summed E-state index contributed by atoms with van der Waals surface area (Å²) >= 11 is 1.76. The van der Waals surface area contributed by atoms with Crippen LogP contribution in [0.3, 0.4) is 0 Å². The van der Waals surface area contributed by atoms with E-state index >= 15 is 0 Å². The third-order valence-electron chi connectivity index (χ3n) is 7.66. The van der Waals surface area contributed by atoms with Crippen LogP contribution in [0, 0.1) is 5.92 Å². The van der Waals surface area contributed by atoms with Gasteiger partial charge in [0.05, 0.1) is 36.5 Å². The normalized spacial score (nSPS) is 12.9. The van der Waals surface area contributed by atoms with Gasteiger partial charge in [-0.15, -0.1) is 11.3 Å². The number of carbonyl (C=O) groups is 1. The fourth-order valence-electron chi connectivity index (χ4n) is 5.34. The van der Waals surface area contributed by atoms with E-state index in [2.05, 4.69) is 72.1 Å². The minimum atomic E-state index is -1.20. The van der Waals surface area contributed by atoms with Crippen LogP contribution in [-0.2, 0) is 27.5 Å². The van der Waals surface area contributed by atoms with E-state index < -0.39 is 8.07 Å². The first-order valence-corrected chi connectivity index (χ1v) is 18.9. The molecule has 2 aromatic carbocycles. The largest absolute Gasteiger partial charge is 0.469 e. The number of esters is 1. The second-order valence-electron chi connectivity index (χ2n) is 12.2. The van der Waals surface area contributed by atoms with Gasteiger partial charge in [0.25, 0.3) is 0 Å². The van der Waals surface area contributed by atoms with Crippen molar-refractivity contribution in [1.29, 1.82) is 0 Å². The summed E-state index contributed by atoms with van der Waals surface area (Å²) in [5.74, 6) is -0.420. The van der Waals surface area contributed by atoms with Gasteiger partial charge in [0.15, 0.2) is 0 Å². The Morgan fingerprint density at radius 2 is 1.91 bits per heavy atom. The molecule has 0 spiro atoms. The number of aromatic nitrogens is 5. The number of nitrogen functional groups attached to an aromatic ring is 1. The molecule has 11 heteroatoms. The molecule has 0 bridgehead atoms. The molecule has 0 aliphatic carbocycles. The lowest BCUT2D eigenvalue weighted by atomic mass is 10.0. The Labute approximate surface area is 255 Å². The molecule has 0 amide bonds. The van der Waals surface area contributed by atoms with Gasteiger partial charge in [-0.25, -0.2) is 14.6 Å². The highest BCUT2D eigenvalue weighted by Gasteiger charge is 2.21. The van der Waals surface area contributed by atoms with Crippen LogP contribution in [0.4, 0.5) is 5.95 Å². The van der Waals surface area contributed by atoms with Crippen molar-refractivity contribution in [2.24, 2.45) is 5.92 Å². The van der Waals surface area contributed by atoms with E-state index in [1.54, 1.807) is 17.5 Å². The maximum absolute atomic E-state index is 12.2. The number of methoxy groups -OCH3 is 1. The lowest BCUT2D eigenvalue weighted by molar-refractivity contribution is -0.145. The van der Waals surface area contributed by atoms with E-state index in [0.29, 0.717) is 13.3 Å². The molecule has 1 atom stereocenters. The van der Waals surface area contributed by atoms with Crippen molar-refractivity contribution in [3.05, 3.63) is 61.1 Å². The van der Waals surface area contributed by atoms with E-state index in [4.69, 9.17) is 20.3 Å². The van der Waals surface area contributed by atoms with Crippen molar-refractivity contribution < 1.29 is 14.3 Å². The van der Waals surface area contributed by atoms with E-state index in [-0.39, 0.29) is 17.8 Å². The van der Waals surface area contributed by atoms with Crippen LogP contribution in [0.1, 0.15) is 6.92 Å². The standard InChI is InChI=1S/C32H36N6O3SSi/c1-20(31(39)40-2)17-37-18-25(29-26(37)16-34-32(33)36-29)22-12-23-15-35-38(19-41-10-11-43(3,4)5)30(23)24(13-22)28-14-21-8-6-7-9-27(21)42-28/h6-9,12-16,18,20H,10-11,17,19H2,1-5H3,(H2,33,34,36). The van der Waals surface area contributed by atoms with Gasteiger partial charge in [-0.05, 0) is 41.3 Å². The maximum Gasteiger partial charge on any atom is 0.310 e. The molecular weight excluding hydrogens is 577 g/mol. The molecule has 2 N–H and O–H groups in total. The van der Waals surface area contributed by atoms with Crippen LogP contribution in [0.5, 0.6) is 0 Å². The summed E-state index contributed by atoms with van der Waals surface area (Å²) in [5, 5.41) is 6.96. The molecule has 222 valence electrons. The molecule has 4 aromatic heterocycles. The summed E-state index contributed by atoms with van der Waals surface area (Å²) in [7, 11) is 0.203. The van der Waals surface area contributed by atoms with Crippen molar-refractivity contribution in [2.75, 3.05) is 19.5 Å². The van der Waals surface area contributed by atoms with Crippen molar-refractivity contribution in [2.45, 2.75) is 45.9 Å². The zero-order chi connectivity index (χ0) is 30.3. The molecule has 0 saturated heterocycles. The minimum absolute atomic E-state index is 0.196. The van der Waals surface area contributed by atoms with E-state index in [9.17, 15) is 4.79 Å². The van der Waals surface area contributed by atoms with Gasteiger partial charge in [0.2, 0.25) is 5.95 Å². The Morgan fingerprint density at radius 1 is 1.09 bits per heavy atom. The van der Waals surface area contributed by atoms with Crippen molar-refractivity contribution in [3.8, 4) is 21.6 Å². The van der Waals surface area contributed by atoms with Gasteiger partial charge in [0.1, 0.15) is 12.2 Å². The third-order valence-corrected chi connectivity index (χ3v) is 10.5. The topological polar surface area (TPSA) is 110 Å². The Morgan fingerprint density at radius 3 is 2.67 bits per heavy atom. The fraction of sp³-hybridized carbons (Fsp3) is 0.312. The Kier molecular flexibility index (Phi) is 7.80. The number of hydrogen-bond acceptors (Lipinski definition) is 8. The molecule has 9 nitrogen and oxygen atoms in total. The molecule has 0 saturated carbocycles. The monoisotopic (exact) mass is 612 g/mol. The first-order chi connectivity index (χ1) is 20.6. The van der Waals surface area contributed by atoms with Gasteiger partial charge >= 0.3 is 5.97 Å². The number of nitrogens with two attached hydrogens (primary N) is 1. The van der Waals surface area contributed by atoms with Crippen LogP contribution in [-0.4, -0.2) is 52.1 Å². The van der Waals surface area contributed by atoms with Gasteiger partial charge in [-0.3, -0.25) is 4.79 Å². The van der Waals surface area contributed by atoms with E-state index in [1.807, 2.05) is 28.6 Å². The number of anilines is 1. The third kappa shape index (κ3) is 5.92. The van der Waals surface area contributed by atoms with E-state index in [0.717, 1.165) is 56.2 Å². The smallest absolute Gasteiger partial charge is 0.310 e. The van der Waals surface area contributed by atoms with Gasteiger partial charge < -0.3 is 19.8 Å². The average Bonchev–Trinajstić information content (AvgIpc) is 3.69.